The van der Waals surface area contributed by atoms with Gasteiger partial charge in [-0.15, -0.1) is 0 Å². The number of rotatable bonds is 4. The summed E-state index contributed by atoms with van der Waals surface area (Å²) in [6.07, 6.45) is 10.2. The van der Waals surface area contributed by atoms with E-state index in [0.29, 0.717) is 0 Å². The first-order valence-electron chi connectivity index (χ1n) is 6.42. The van der Waals surface area contributed by atoms with E-state index in [1.165, 1.54) is 58.0 Å². The average molecular weight is 194 g/mol. The minimum Gasteiger partial charge on any atom is -0.313 e. The zero-order chi connectivity index (χ0) is 9.38. The first-order chi connectivity index (χ1) is 6.93. The van der Waals surface area contributed by atoms with Gasteiger partial charge < -0.3 is 5.32 Å². The first kappa shape index (κ1) is 9.17. The van der Waals surface area contributed by atoms with Gasteiger partial charge in [0.15, 0.2) is 0 Å². The molecule has 1 saturated heterocycles. The molecule has 2 saturated carbocycles. The third kappa shape index (κ3) is 1.82. The molecule has 0 aromatic heterocycles. The highest BCUT2D eigenvalue weighted by molar-refractivity contribution is 4.94. The quantitative estimate of drug-likeness (QED) is 0.733. The summed E-state index contributed by atoms with van der Waals surface area (Å²) in [5.41, 5.74) is 0. The zero-order valence-corrected chi connectivity index (χ0v) is 9.04. The molecule has 0 aromatic rings. The lowest BCUT2D eigenvalue weighted by Crippen LogP contribution is -2.47. The maximum atomic E-state index is 3.63. The van der Waals surface area contributed by atoms with Crippen molar-refractivity contribution in [2.24, 2.45) is 0 Å². The van der Waals surface area contributed by atoms with Crippen LogP contribution in [0.3, 0.4) is 0 Å². The van der Waals surface area contributed by atoms with E-state index in [-0.39, 0.29) is 0 Å². The summed E-state index contributed by atoms with van der Waals surface area (Å²) in [4.78, 5) is 2.83. The van der Waals surface area contributed by atoms with Crippen molar-refractivity contribution in [2.45, 2.75) is 63.1 Å². The van der Waals surface area contributed by atoms with Crippen molar-refractivity contribution in [1.82, 2.24) is 10.2 Å². The van der Waals surface area contributed by atoms with Gasteiger partial charge in [-0.05, 0) is 45.1 Å². The second-order valence-corrected chi connectivity index (χ2v) is 5.31. The minimum atomic E-state index is 0.816. The monoisotopic (exact) mass is 194 g/mol. The van der Waals surface area contributed by atoms with Gasteiger partial charge in [0.2, 0.25) is 0 Å². The van der Waals surface area contributed by atoms with E-state index in [0.717, 1.165) is 18.1 Å². The molecule has 0 radical (unpaired) electrons. The molecule has 1 unspecified atom stereocenters. The lowest BCUT2D eigenvalue weighted by atomic mass is 9.91. The molecule has 1 heterocycles. The Balaban J connectivity index is 1.54. The number of nitrogens with one attached hydrogen (secondary N) is 1. The van der Waals surface area contributed by atoms with E-state index >= 15 is 0 Å². The van der Waals surface area contributed by atoms with Crippen LogP contribution in [-0.4, -0.2) is 36.1 Å². The second-order valence-electron chi connectivity index (χ2n) is 5.31. The van der Waals surface area contributed by atoms with Crippen molar-refractivity contribution in [3.05, 3.63) is 0 Å². The van der Waals surface area contributed by atoms with E-state index < -0.39 is 0 Å². The summed E-state index contributed by atoms with van der Waals surface area (Å²) < 4.78 is 0. The molecule has 0 bridgehead atoms. The Hall–Kier alpha value is -0.0800. The van der Waals surface area contributed by atoms with Gasteiger partial charge in [0.1, 0.15) is 0 Å². The Kier molecular flexibility index (Phi) is 2.50. The van der Waals surface area contributed by atoms with Crippen LogP contribution in [-0.2, 0) is 0 Å². The first-order valence-corrected chi connectivity index (χ1v) is 6.42. The second kappa shape index (κ2) is 3.82. The average Bonchev–Trinajstić information content (AvgIpc) is 2.82. The van der Waals surface area contributed by atoms with Crippen LogP contribution >= 0.6 is 0 Å². The van der Waals surface area contributed by atoms with E-state index in [4.69, 9.17) is 0 Å². The summed E-state index contributed by atoms with van der Waals surface area (Å²) in [5, 5.41) is 3.63. The molecule has 1 aliphatic heterocycles. The Labute approximate surface area is 87.0 Å². The van der Waals surface area contributed by atoms with Gasteiger partial charge in [-0.1, -0.05) is 6.42 Å². The Morgan fingerprint density at radius 3 is 2.21 bits per heavy atom. The van der Waals surface area contributed by atoms with Crippen LogP contribution < -0.4 is 5.32 Å². The Morgan fingerprint density at radius 2 is 1.71 bits per heavy atom. The van der Waals surface area contributed by atoms with Crippen LogP contribution in [0.2, 0.25) is 0 Å². The molecule has 14 heavy (non-hydrogen) atoms. The molecule has 80 valence electrons. The molecule has 0 aromatic carbocycles. The normalized spacial score (nSPS) is 33.6. The van der Waals surface area contributed by atoms with Crippen LogP contribution in [0.1, 0.15) is 44.9 Å². The molecule has 3 fully saturated rings. The van der Waals surface area contributed by atoms with E-state index in [1.54, 1.807) is 0 Å². The van der Waals surface area contributed by atoms with Gasteiger partial charge in [0, 0.05) is 24.7 Å². The van der Waals surface area contributed by atoms with Crippen LogP contribution in [0.15, 0.2) is 0 Å². The maximum absolute atomic E-state index is 3.63. The molecule has 2 heteroatoms. The predicted octanol–water partition coefficient (Wildman–Crippen LogP) is 1.76. The fourth-order valence-electron chi connectivity index (χ4n) is 2.89. The number of hydrogen-bond donors (Lipinski definition) is 1. The zero-order valence-electron chi connectivity index (χ0n) is 9.04. The Morgan fingerprint density at radius 1 is 0.929 bits per heavy atom. The maximum Gasteiger partial charge on any atom is 0.0195 e. The topological polar surface area (TPSA) is 15.3 Å². The number of nitrogens with zero attached hydrogens (tertiary/aromatic N) is 1. The van der Waals surface area contributed by atoms with Gasteiger partial charge in [-0.2, -0.15) is 0 Å². The van der Waals surface area contributed by atoms with Gasteiger partial charge in [-0.25, -0.2) is 0 Å². The molecular weight excluding hydrogens is 172 g/mol. The minimum absolute atomic E-state index is 0.816. The van der Waals surface area contributed by atoms with Gasteiger partial charge in [0.05, 0.1) is 0 Å². The van der Waals surface area contributed by atoms with Crippen LogP contribution in [0, 0.1) is 0 Å². The largest absolute Gasteiger partial charge is 0.313 e. The van der Waals surface area contributed by atoms with E-state index in [2.05, 4.69) is 10.2 Å². The van der Waals surface area contributed by atoms with Crippen LogP contribution in [0.25, 0.3) is 0 Å². The molecule has 0 spiro atoms. The summed E-state index contributed by atoms with van der Waals surface area (Å²) in [6.45, 7) is 2.60. The number of hydrogen-bond acceptors (Lipinski definition) is 2. The van der Waals surface area contributed by atoms with Crippen LogP contribution in [0.4, 0.5) is 0 Å². The summed E-state index contributed by atoms with van der Waals surface area (Å²) in [5.74, 6) is 0. The van der Waals surface area contributed by atoms with Crippen molar-refractivity contribution < 1.29 is 0 Å². The van der Waals surface area contributed by atoms with Gasteiger partial charge in [0.25, 0.3) is 0 Å². The molecular formula is C12H22N2. The third-order valence-corrected chi connectivity index (χ3v) is 4.15. The van der Waals surface area contributed by atoms with Crippen molar-refractivity contribution in [3.63, 3.8) is 0 Å². The van der Waals surface area contributed by atoms with Crippen molar-refractivity contribution in [2.75, 3.05) is 13.1 Å². The molecule has 2 aliphatic carbocycles. The predicted molar refractivity (Wildman–Crippen MR) is 58.4 cm³/mol. The Bertz CT molecular complexity index is 190. The third-order valence-electron chi connectivity index (χ3n) is 4.15. The SMILES string of the molecule is C1CNC(CN(C2CCC2)C2CC2)C1. The fraction of sp³-hybridized carbons (Fsp3) is 1.00. The van der Waals surface area contributed by atoms with E-state index in [1.807, 2.05) is 0 Å². The summed E-state index contributed by atoms with van der Waals surface area (Å²) in [7, 11) is 0. The highest BCUT2D eigenvalue weighted by atomic mass is 15.2. The van der Waals surface area contributed by atoms with E-state index in [9.17, 15) is 0 Å². The summed E-state index contributed by atoms with van der Waals surface area (Å²) in [6, 6.07) is 2.75. The molecule has 0 amide bonds. The fourth-order valence-corrected chi connectivity index (χ4v) is 2.89. The molecule has 3 aliphatic rings. The lowest BCUT2D eigenvalue weighted by Gasteiger charge is -2.39. The molecule has 2 nitrogen and oxygen atoms in total. The van der Waals surface area contributed by atoms with Gasteiger partial charge in [-0.3, -0.25) is 4.90 Å². The highest BCUT2D eigenvalue weighted by Crippen LogP contribution is 2.35. The van der Waals surface area contributed by atoms with Crippen molar-refractivity contribution in [1.29, 1.82) is 0 Å². The molecule has 1 atom stereocenters. The van der Waals surface area contributed by atoms with Gasteiger partial charge >= 0.3 is 0 Å². The van der Waals surface area contributed by atoms with Crippen molar-refractivity contribution in [3.8, 4) is 0 Å². The summed E-state index contributed by atoms with van der Waals surface area (Å²) >= 11 is 0. The highest BCUT2D eigenvalue weighted by Gasteiger charge is 2.37. The lowest BCUT2D eigenvalue weighted by molar-refractivity contribution is 0.108. The molecule has 3 rings (SSSR count). The molecule has 1 N–H and O–H groups in total. The standard InChI is InChI=1S/C12H22N2/c1-4-11(5-1)14(12-6-7-12)9-10-3-2-8-13-10/h10-13H,1-9H2. The smallest absolute Gasteiger partial charge is 0.0195 e. The van der Waals surface area contributed by atoms with Crippen LogP contribution in [0.5, 0.6) is 0 Å². The van der Waals surface area contributed by atoms with Crippen molar-refractivity contribution >= 4 is 0 Å².